The summed E-state index contributed by atoms with van der Waals surface area (Å²) in [5, 5.41) is 2.06. The van der Waals surface area contributed by atoms with E-state index in [1.165, 1.54) is 19.1 Å². The lowest BCUT2D eigenvalue weighted by Crippen LogP contribution is -2.27. The van der Waals surface area contributed by atoms with Gasteiger partial charge in [-0.1, -0.05) is 12.1 Å². The third kappa shape index (κ3) is 3.72. The van der Waals surface area contributed by atoms with Gasteiger partial charge in [-0.15, -0.1) is 23.2 Å². The number of carbonyl (C=O) groups is 2. The molecule has 0 spiro atoms. The van der Waals surface area contributed by atoms with Crippen molar-refractivity contribution in [1.82, 2.24) is 0 Å². The van der Waals surface area contributed by atoms with Gasteiger partial charge in [0.15, 0.2) is 6.61 Å². The van der Waals surface area contributed by atoms with Gasteiger partial charge in [0.25, 0.3) is 5.91 Å². The van der Waals surface area contributed by atoms with Crippen LogP contribution in [0.2, 0.25) is 0 Å². The van der Waals surface area contributed by atoms with Crippen molar-refractivity contribution in [3.05, 3.63) is 29.8 Å². The van der Waals surface area contributed by atoms with Crippen LogP contribution in [0.5, 0.6) is 0 Å². The number of rotatable bonds is 4. The summed E-state index contributed by atoms with van der Waals surface area (Å²) in [7, 11) is 0. The van der Waals surface area contributed by atoms with Crippen molar-refractivity contribution in [2.45, 2.75) is 23.9 Å². The third-order valence-corrected chi connectivity index (χ3v) is 4.65. The highest BCUT2D eigenvalue weighted by Crippen LogP contribution is 2.64. The van der Waals surface area contributed by atoms with Gasteiger partial charge in [-0.3, -0.25) is 9.59 Å². The lowest BCUT2D eigenvalue weighted by molar-refractivity contribution is -0.152. The van der Waals surface area contributed by atoms with Crippen LogP contribution in [0.1, 0.15) is 18.9 Å². The van der Waals surface area contributed by atoms with E-state index >= 15 is 0 Å². The molecule has 1 aliphatic rings. The van der Waals surface area contributed by atoms with Gasteiger partial charge >= 0.3 is 12.1 Å². The Balaban J connectivity index is 1.95. The normalized spacial score (nSPS) is 22.3. The van der Waals surface area contributed by atoms with Gasteiger partial charge < -0.3 is 10.1 Å². The van der Waals surface area contributed by atoms with Gasteiger partial charge in [0, 0.05) is 6.42 Å². The Labute approximate surface area is 139 Å². The number of amides is 1. The Bertz CT molecular complexity index is 648. The van der Waals surface area contributed by atoms with Crippen LogP contribution in [-0.2, 0) is 20.5 Å². The van der Waals surface area contributed by atoms with Crippen LogP contribution < -0.4 is 5.32 Å². The Morgan fingerprint density at radius 3 is 2.39 bits per heavy atom. The summed E-state index contributed by atoms with van der Waals surface area (Å²) in [5.74, 6) is -1.67. The summed E-state index contributed by atoms with van der Waals surface area (Å²) in [5.41, 5.74) is -2.52. The highest BCUT2D eigenvalue weighted by Gasteiger charge is 2.69. The zero-order valence-electron chi connectivity index (χ0n) is 11.8. The van der Waals surface area contributed by atoms with E-state index in [9.17, 15) is 22.8 Å². The number of alkyl halides is 5. The molecule has 0 heterocycles. The first-order valence-electron chi connectivity index (χ1n) is 6.48. The second-order valence-corrected chi connectivity index (χ2v) is 6.86. The number of ether oxygens (including phenoxy) is 1. The summed E-state index contributed by atoms with van der Waals surface area (Å²) in [6.45, 7) is 0.747. The maximum absolute atomic E-state index is 12.8. The molecule has 126 valence electrons. The summed E-state index contributed by atoms with van der Waals surface area (Å²) < 4.78 is 41.9. The molecular formula is C14H12Cl2F3NO3. The van der Waals surface area contributed by atoms with Gasteiger partial charge in [-0.2, -0.15) is 13.2 Å². The molecule has 23 heavy (non-hydrogen) atoms. The number of carbonyl (C=O) groups excluding carboxylic acids is 2. The second-order valence-electron chi connectivity index (χ2n) is 5.38. The molecule has 9 heteroatoms. The molecule has 0 radical (unpaired) electrons. The zero-order valence-corrected chi connectivity index (χ0v) is 13.4. The molecule has 0 bridgehead atoms. The molecule has 1 amide bonds. The molecule has 0 unspecified atom stereocenters. The maximum atomic E-state index is 12.8. The van der Waals surface area contributed by atoms with E-state index in [4.69, 9.17) is 27.9 Å². The van der Waals surface area contributed by atoms with Gasteiger partial charge in [-0.05, 0) is 19.1 Å². The number of anilines is 1. The molecule has 1 aromatic rings. The minimum atomic E-state index is -4.61. The topological polar surface area (TPSA) is 55.4 Å². The van der Waals surface area contributed by atoms with E-state index in [0.717, 1.165) is 12.1 Å². The standard InChI is InChI=1S/C14H12Cl2F3NO3/c1-12(7-13(12,15)16)11(22)23-6-10(21)20-9-5-3-2-4-8(9)14(17,18)19/h2-5H,6-7H2,1H3,(H,20,21)/t12-/m1/s1. The molecule has 1 saturated carbocycles. The predicted molar refractivity (Wildman–Crippen MR) is 78.2 cm³/mol. The quantitative estimate of drug-likeness (QED) is 0.649. The van der Waals surface area contributed by atoms with Gasteiger partial charge in [0.2, 0.25) is 0 Å². The number of esters is 1. The van der Waals surface area contributed by atoms with Crippen LogP contribution in [0, 0.1) is 5.41 Å². The van der Waals surface area contributed by atoms with E-state index in [-0.39, 0.29) is 6.42 Å². The van der Waals surface area contributed by atoms with Gasteiger partial charge in [-0.25, -0.2) is 0 Å². The molecule has 2 rings (SSSR count). The highest BCUT2D eigenvalue weighted by atomic mass is 35.5. The Hall–Kier alpha value is -1.47. The Morgan fingerprint density at radius 2 is 1.87 bits per heavy atom. The van der Waals surface area contributed by atoms with Crippen molar-refractivity contribution in [3.63, 3.8) is 0 Å². The molecule has 0 aliphatic heterocycles. The molecule has 1 atom stereocenters. The number of halogens is 5. The van der Waals surface area contributed by atoms with Crippen molar-refractivity contribution >= 4 is 40.8 Å². The smallest absolute Gasteiger partial charge is 0.418 e. The van der Waals surface area contributed by atoms with E-state index in [2.05, 4.69) is 5.32 Å². The van der Waals surface area contributed by atoms with Crippen molar-refractivity contribution in [1.29, 1.82) is 0 Å². The fourth-order valence-electron chi connectivity index (χ4n) is 1.94. The lowest BCUT2D eigenvalue weighted by Gasteiger charge is -2.14. The monoisotopic (exact) mass is 369 g/mol. The number of hydrogen-bond acceptors (Lipinski definition) is 3. The van der Waals surface area contributed by atoms with Crippen LogP contribution in [0.25, 0.3) is 0 Å². The minimum Gasteiger partial charge on any atom is -0.455 e. The molecule has 0 saturated heterocycles. The summed E-state index contributed by atoms with van der Waals surface area (Å²) in [6, 6.07) is 4.49. The predicted octanol–water partition coefficient (Wildman–Crippen LogP) is 3.77. The molecule has 0 aromatic heterocycles. The SMILES string of the molecule is C[C@]1(C(=O)OCC(=O)Nc2ccccc2C(F)(F)F)CC1(Cl)Cl. The molecular weight excluding hydrogens is 358 g/mol. The second kappa shape index (κ2) is 5.87. The van der Waals surface area contributed by atoms with Gasteiger partial charge in [0.1, 0.15) is 9.75 Å². The third-order valence-electron chi connectivity index (χ3n) is 3.55. The van der Waals surface area contributed by atoms with Crippen molar-refractivity contribution < 1.29 is 27.5 Å². The van der Waals surface area contributed by atoms with Crippen LogP contribution in [0.3, 0.4) is 0 Å². The zero-order chi connectivity index (χ0) is 17.5. The van der Waals surface area contributed by atoms with Gasteiger partial charge in [0.05, 0.1) is 11.3 Å². The fourth-order valence-corrected chi connectivity index (χ4v) is 2.63. The van der Waals surface area contributed by atoms with Crippen molar-refractivity contribution in [3.8, 4) is 0 Å². The van der Waals surface area contributed by atoms with E-state index in [1.807, 2.05) is 0 Å². The number of para-hydroxylation sites is 1. The Morgan fingerprint density at radius 1 is 1.30 bits per heavy atom. The van der Waals surface area contributed by atoms with Crippen LogP contribution >= 0.6 is 23.2 Å². The van der Waals surface area contributed by atoms with E-state index in [0.29, 0.717) is 0 Å². The average Bonchev–Trinajstić information content (AvgIpc) is 2.95. The van der Waals surface area contributed by atoms with Crippen molar-refractivity contribution in [2.75, 3.05) is 11.9 Å². The maximum Gasteiger partial charge on any atom is 0.418 e. The average molecular weight is 370 g/mol. The number of hydrogen-bond donors (Lipinski definition) is 1. The Kier molecular flexibility index (Phi) is 4.56. The largest absolute Gasteiger partial charge is 0.455 e. The molecule has 1 N–H and O–H groups in total. The molecule has 1 fully saturated rings. The summed E-state index contributed by atoms with van der Waals surface area (Å²) >= 11 is 11.6. The highest BCUT2D eigenvalue weighted by molar-refractivity contribution is 6.53. The number of nitrogens with one attached hydrogen (secondary N) is 1. The lowest BCUT2D eigenvalue weighted by atomic mass is 10.1. The first kappa shape index (κ1) is 17.9. The van der Waals surface area contributed by atoms with Crippen LogP contribution in [0.4, 0.5) is 18.9 Å². The first-order valence-corrected chi connectivity index (χ1v) is 7.24. The summed E-state index contributed by atoms with van der Waals surface area (Å²) in [6.07, 6.45) is -4.43. The van der Waals surface area contributed by atoms with E-state index < -0.39 is 45.7 Å². The molecule has 4 nitrogen and oxygen atoms in total. The van der Waals surface area contributed by atoms with E-state index in [1.54, 1.807) is 0 Å². The minimum absolute atomic E-state index is 0.181. The van der Waals surface area contributed by atoms with Crippen molar-refractivity contribution in [2.24, 2.45) is 5.41 Å². The fraction of sp³-hybridized carbons (Fsp3) is 0.429. The molecule has 1 aliphatic carbocycles. The van der Waals surface area contributed by atoms with Crippen LogP contribution in [0.15, 0.2) is 24.3 Å². The van der Waals surface area contributed by atoms with Crippen LogP contribution in [-0.4, -0.2) is 22.8 Å². The molecule has 1 aromatic carbocycles. The number of benzene rings is 1. The summed E-state index contributed by atoms with van der Waals surface area (Å²) in [4.78, 5) is 23.5. The first-order chi connectivity index (χ1) is 10.5.